The van der Waals surface area contributed by atoms with Gasteiger partial charge in [0, 0.05) is 5.92 Å². The van der Waals surface area contributed by atoms with Gasteiger partial charge in [0.15, 0.2) is 15.3 Å². The normalized spacial score (nSPS) is 21.1. The third kappa shape index (κ3) is 2.62. The van der Waals surface area contributed by atoms with E-state index in [-0.39, 0.29) is 4.90 Å². The highest BCUT2D eigenvalue weighted by Gasteiger charge is 2.73. The third-order valence-corrected chi connectivity index (χ3v) is 7.18. The summed E-state index contributed by atoms with van der Waals surface area (Å²) in [7, 11) is -3.77. The van der Waals surface area contributed by atoms with Gasteiger partial charge in [-0.25, -0.2) is 8.42 Å². The Hall–Kier alpha value is -2.63. The second-order valence-electron chi connectivity index (χ2n) is 6.44. The predicted molar refractivity (Wildman–Crippen MR) is 94.4 cm³/mol. The Morgan fingerprint density at radius 1 is 1.00 bits per heavy atom. The Morgan fingerprint density at radius 2 is 1.56 bits per heavy atom. The zero-order chi connectivity index (χ0) is 18.2. The van der Waals surface area contributed by atoms with Crippen LogP contribution < -0.4 is 0 Å². The Labute approximate surface area is 148 Å². The molecule has 25 heavy (non-hydrogen) atoms. The van der Waals surface area contributed by atoms with Gasteiger partial charge in [-0.15, -0.1) is 0 Å². The Bertz CT molecular complexity index is 964. The van der Waals surface area contributed by atoms with Crippen molar-refractivity contribution < 1.29 is 8.42 Å². The summed E-state index contributed by atoms with van der Waals surface area (Å²) in [5.41, 5.74) is 1.27. The lowest BCUT2D eigenvalue weighted by molar-refractivity contribution is 0.591. The lowest BCUT2D eigenvalue weighted by atomic mass is 10.0. The van der Waals surface area contributed by atoms with Crippen molar-refractivity contribution in [3.05, 3.63) is 65.2 Å². The summed E-state index contributed by atoms with van der Waals surface area (Å²) in [6.07, 6.45) is 0.873. The first-order chi connectivity index (χ1) is 11.9. The number of rotatable bonds is 4. The highest BCUT2D eigenvalue weighted by atomic mass is 32.2. The van der Waals surface area contributed by atoms with Gasteiger partial charge in [-0.05, 0) is 36.6 Å². The predicted octanol–water partition coefficient (Wildman–Crippen LogP) is 3.53. The van der Waals surface area contributed by atoms with Crippen LogP contribution in [-0.4, -0.2) is 13.7 Å². The number of aryl methyl sites for hydroxylation is 2. The zero-order valence-electron chi connectivity index (χ0n) is 14.1. The van der Waals surface area contributed by atoms with E-state index in [1.807, 2.05) is 50.3 Å². The molecule has 126 valence electrons. The van der Waals surface area contributed by atoms with Gasteiger partial charge < -0.3 is 0 Å². The van der Waals surface area contributed by atoms with E-state index in [1.165, 1.54) is 0 Å². The largest absolute Gasteiger partial charge is 0.223 e. The number of nitrogens with zero attached hydrogens (tertiary/aromatic N) is 2. The fraction of sp³-hybridized carbons (Fsp3) is 0.300. The van der Waals surface area contributed by atoms with Gasteiger partial charge >= 0.3 is 0 Å². The molecule has 0 amide bonds. The van der Waals surface area contributed by atoms with Crippen LogP contribution in [0.3, 0.4) is 0 Å². The van der Waals surface area contributed by atoms with Gasteiger partial charge in [0.25, 0.3) is 0 Å². The second-order valence-corrected chi connectivity index (χ2v) is 8.51. The van der Waals surface area contributed by atoms with Gasteiger partial charge in [0.05, 0.1) is 17.0 Å². The molecular weight excluding hydrogens is 332 g/mol. The highest BCUT2D eigenvalue weighted by Crippen LogP contribution is 2.63. The van der Waals surface area contributed by atoms with Crippen molar-refractivity contribution in [1.29, 1.82) is 10.5 Å². The first-order valence-electron chi connectivity index (χ1n) is 8.12. The Balaban J connectivity index is 2.06. The van der Waals surface area contributed by atoms with Gasteiger partial charge in [0.2, 0.25) is 0 Å². The number of nitriles is 2. The molecule has 5 heteroatoms. The maximum Gasteiger partial charge on any atom is 0.184 e. The number of benzene rings is 2. The van der Waals surface area contributed by atoms with Crippen LogP contribution in [-0.2, 0) is 16.3 Å². The molecule has 0 aliphatic heterocycles. The molecule has 0 aromatic heterocycles. The fourth-order valence-corrected chi connectivity index (χ4v) is 5.55. The molecule has 0 N–H and O–H groups in total. The molecule has 0 unspecified atom stereocenters. The van der Waals surface area contributed by atoms with Crippen LogP contribution in [0.1, 0.15) is 29.5 Å². The average molecular weight is 350 g/mol. The SMILES string of the molecule is CCc1ccc([C@H]2[C@H](S(=O)(=O)c3ccc(C)cc3)C2(C#N)C#N)cc1. The number of hydrogen-bond acceptors (Lipinski definition) is 4. The van der Waals surface area contributed by atoms with E-state index in [0.29, 0.717) is 0 Å². The molecular formula is C20H18N2O2S. The van der Waals surface area contributed by atoms with Crippen molar-refractivity contribution in [2.75, 3.05) is 0 Å². The van der Waals surface area contributed by atoms with E-state index < -0.39 is 26.4 Å². The molecule has 0 radical (unpaired) electrons. The Kier molecular flexibility index (Phi) is 4.14. The molecule has 4 nitrogen and oxygen atoms in total. The maximum atomic E-state index is 13.0. The molecule has 1 fully saturated rings. The highest BCUT2D eigenvalue weighted by molar-refractivity contribution is 7.92. The fourth-order valence-electron chi connectivity index (χ4n) is 3.34. The molecule has 2 aromatic rings. The van der Waals surface area contributed by atoms with Crippen molar-refractivity contribution >= 4 is 9.84 Å². The minimum Gasteiger partial charge on any atom is -0.223 e. The molecule has 3 rings (SSSR count). The summed E-state index contributed by atoms with van der Waals surface area (Å²) in [5, 5.41) is 18.1. The van der Waals surface area contributed by atoms with Crippen molar-refractivity contribution in [2.45, 2.75) is 36.3 Å². The molecule has 2 aromatic carbocycles. The topological polar surface area (TPSA) is 81.7 Å². The first kappa shape index (κ1) is 17.2. The van der Waals surface area contributed by atoms with Crippen LogP contribution in [0, 0.1) is 35.0 Å². The zero-order valence-corrected chi connectivity index (χ0v) is 14.9. The van der Waals surface area contributed by atoms with Crippen LogP contribution in [0.5, 0.6) is 0 Å². The molecule has 0 bridgehead atoms. The van der Waals surface area contributed by atoms with E-state index in [4.69, 9.17) is 0 Å². The van der Waals surface area contributed by atoms with Crippen LogP contribution in [0.4, 0.5) is 0 Å². The van der Waals surface area contributed by atoms with E-state index in [0.717, 1.165) is 23.1 Å². The molecule has 2 atom stereocenters. The Morgan fingerprint density at radius 3 is 2.04 bits per heavy atom. The second kappa shape index (κ2) is 6.02. The number of hydrogen-bond donors (Lipinski definition) is 0. The molecule has 1 aliphatic rings. The summed E-state index contributed by atoms with van der Waals surface area (Å²) < 4.78 is 26.1. The number of sulfone groups is 1. The smallest absolute Gasteiger partial charge is 0.184 e. The molecule has 0 heterocycles. The van der Waals surface area contributed by atoms with Crippen molar-refractivity contribution in [3.63, 3.8) is 0 Å². The molecule has 1 aliphatic carbocycles. The summed E-state index contributed by atoms with van der Waals surface area (Å²) in [5.74, 6) is -0.625. The summed E-state index contributed by atoms with van der Waals surface area (Å²) >= 11 is 0. The summed E-state index contributed by atoms with van der Waals surface area (Å²) in [4.78, 5) is 0.158. The van der Waals surface area contributed by atoms with Crippen molar-refractivity contribution in [3.8, 4) is 12.1 Å². The van der Waals surface area contributed by atoms with Crippen molar-refractivity contribution in [2.24, 2.45) is 5.41 Å². The van der Waals surface area contributed by atoms with Gasteiger partial charge in [-0.1, -0.05) is 48.9 Å². The molecule has 0 saturated heterocycles. The summed E-state index contributed by atoms with van der Waals surface area (Å²) in [6.45, 7) is 3.91. The van der Waals surface area contributed by atoms with Gasteiger partial charge in [-0.3, -0.25) is 0 Å². The van der Waals surface area contributed by atoms with Crippen LogP contribution in [0.15, 0.2) is 53.4 Å². The van der Waals surface area contributed by atoms with Gasteiger partial charge in [0.1, 0.15) is 5.25 Å². The first-order valence-corrected chi connectivity index (χ1v) is 9.67. The monoisotopic (exact) mass is 350 g/mol. The van der Waals surface area contributed by atoms with E-state index in [2.05, 4.69) is 0 Å². The quantitative estimate of drug-likeness (QED) is 0.844. The standard InChI is InChI=1S/C20H18N2O2S/c1-3-15-6-8-16(9-7-15)18-19(20(18,12-21)13-22)25(23,24)17-10-4-14(2)5-11-17/h4-11,18-19H,3H2,1-2H3/t18-,19-/m0/s1. The molecule has 1 saturated carbocycles. The third-order valence-electron chi connectivity index (χ3n) is 4.93. The molecule has 0 spiro atoms. The van der Waals surface area contributed by atoms with E-state index in [1.54, 1.807) is 24.3 Å². The minimum absolute atomic E-state index is 0.158. The maximum absolute atomic E-state index is 13.0. The van der Waals surface area contributed by atoms with Gasteiger partial charge in [-0.2, -0.15) is 10.5 Å². The summed E-state index contributed by atoms with van der Waals surface area (Å²) in [6, 6.07) is 18.0. The minimum atomic E-state index is -3.77. The van der Waals surface area contributed by atoms with Crippen LogP contribution in [0.2, 0.25) is 0 Å². The van der Waals surface area contributed by atoms with Crippen LogP contribution in [0.25, 0.3) is 0 Å². The van der Waals surface area contributed by atoms with E-state index in [9.17, 15) is 18.9 Å². The van der Waals surface area contributed by atoms with E-state index >= 15 is 0 Å². The van der Waals surface area contributed by atoms with Crippen LogP contribution >= 0.6 is 0 Å². The lowest BCUT2D eigenvalue weighted by Gasteiger charge is -2.05. The lowest BCUT2D eigenvalue weighted by Crippen LogP contribution is -2.14. The average Bonchev–Trinajstić information content (AvgIpc) is 3.33. The van der Waals surface area contributed by atoms with Crippen molar-refractivity contribution in [1.82, 2.24) is 0 Å².